The molecule has 248 valence electrons. The van der Waals surface area contributed by atoms with Crippen molar-refractivity contribution in [2.75, 3.05) is 37.8 Å². The van der Waals surface area contributed by atoms with Gasteiger partial charge < -0.3 is 37.1 Å². The Morgan fingerprint density at radius 1 is 1.02 bits per heavy atom. The van der Waals surface area contributed by atoms with E-state index >= 15 is 0 Å². The van der Waals surface area contributed by atoms with E-state index in [1.165, 1.54) is 23.7 Å². The molecule has 0 spiro atoms. The third kappa shape index (κ3) is 13.9. The third-order valence-electron chi connectivity index (χ3n) is 6.72. The molecule has 15 nitrogen and oxygen atoms in total. The zero-order chi connectivity index (χ0) is 33.2. The number of anilines is 1. The number of nitrogens with zero attached hydrogens (tertiary/aromatic N) is 1. The standard InChI is InChI=1S/C29H43N7O8S/c1-3-45-22-16-25(39)36(27(22)41)15-6-4-5-9-23(37)33-17-24(38)35-21(8-7-14-32-28(30)42)26(40)34-20-12-10-19(11-13-20)18-44-29(43)31-2/h10-13,21-22H,3-9,14-18H2,1-2H3,(H,31,43)(H,33,37)(H,34,40)(H,35,38)(H3,30,32,42). The molecule has 2 atom stereocenters. The summed E-state index contributed by atoms with van der Waals surface area (Å²) in [5.41, 5.74) is 6.23. The smallest absolute Gasteiger partial charge is 0.407 e. The maximum absolute atomic E-state index is 13.0. The van der Waals surface area contributed by atoms with Gasteiger partial charge in [0.15, 0.2) is 0 Å². The number of alkyl carbamates (subject to hydrolysis) is 1. The van der Waals surface area contributed by atoms with Crippen molar-refractivity contribution in [1.29, 1.82) is 0 Å². The lowest BCUT2D eigenvalue weighted by atomic mass is 10.1. The largest absolute Gasteiger partial charge is 0.445 e. The quantitative estimate of drug-likeness (QED) is 0.0928. The van der Waals surface area contributed by atoms with Crippen LogP contribution in [0.25, 0.3) is 0 Å². The molecule has 0 aliphatic carbocycles. The van der Waals surface area contributed by atoms with Gasteiger partial charge in [0, 0.05) is 38.7 Å². The highest BCUT2D eigenvalue weighted by molar-refractivity contribution is 8.00. The maximum atomic E-state index is 13.0. The van der Waals surface area contributed by atoms with E-state index in [0.717, 1.165) is 5.75 Å². The van der Waals surface area contributed by atoms with Gasteiger partial charge >= 0.3 is 12.1 Å². The molecule has 0 bridgehead atoms. The summed E-state index contributed by atoms with van der Waals surface area (Å²) in [6, 6.07) is 4.92. The summed E-state index contributed by atoms with van der Waals surface area (Å²) >= 11 is 1.47. The number of rotatable bonds is 19. The van der Waals surface area contributed by atoms with Gasteiger partial charge in [-0.3, -0.25) is 28.9 Å². The minimum Gasteiger partial charge on any atom is -0.445 e. The molecule has 1 aliphatic rings. The fourth-order valence-corrected chi connectivity index (χ4v) is 5.32. The average Bonchev–Trinajstić information content (AvgIpc) is 3.28. The SMILES string of the molecule is CCSC1CC(=O)N(CCCCCC(=O)NCC(=O)NC(CCCNC(N)=O)C(=O)Nc2ccc(COC(=O)NC)cc2)C1=O. The summed E-state index contributed by atoms with van der Waals surface area (Å²) in [6.07, 6.45) is 2.09. The van der Waals surface area contributed by atoms with Gasteiger partial charge in [-0.1, -0.05) is 25.5 Å². The van der Waals surface area contributed by atoms with Crippen LogP contribution in [-0.4, -0.2) is 90.3 Å². The van der Waals surface area contributed by atoms with E-state index in [4.69, 9.17) is 10.5 Å². The van der Waals surface area contributed by atoms with Crippen LogP contribution in [0, 0.1) is 0 Å². The Morgan fingerprint density at radius 3 is 2.42 bits per heavy atom. The number of hydrogen-bond donors (Lipinski definition) is 6. The molecule has 0 aromatic heterocycles. The van der Waals surface area contributed by atoms with Crippen LogP contribution in [0.15, 0.2) is 24.3 Å². The number of carbonyl (C=O) groups is 7. The number of nitrogens with one attached hydrogen (secondary N) is 5. The van der Waals surface area contributed by atoms with E-state index in [1.54, 1.807) is 24.3 Å². The van der Waals surface area contributed by atoms with Gasteiger partial charge in [-0.25, -0.2) is 9.59 Å². The van der Waals surface area contributed by atoms with Crippen LogP contribution in [0.2, 0.25) is 0 Å². The van der Waals surface area contributed by atoms with Crippen molar-refractivity contribution in [1.82, 2.24) is 26.2 Å². The van der Waals surface area contributed by atoms with Crippen molar-refractivity contribution < 1.29 is 38.3 Å². The van der Waals surface area contributed by atoms with Gasteiger partial charge in [0.1, 0.15) is 12.6 Å². The summed E-state index contributed by atoms with van der Waals surface area (Å²) < 4.78 is 4.98. The zero-order valence-electron chi connectivity index (χ0n) is 25.6. The number of hydrogen-bond acceptors (Lipinski definition) is 9. The molecule has 45 heavy (non-hydrogen) atoms. The van der Waals surface area contributed by atoms with Gasteiger partial charge in [-0.05, 0) is 49.1 Å². The second kappa shape index (κ2) is 19.8. The first-order valence-electron chi connectivity index (χ1n) is 14.8. The van der Waals surface area contributed by atoms with Gasteiger partial charge in [-0.15, -0.1) is 11.8 Å². The summed E-state index contributed by atoms with van der Waals surface area (Å²) in [7, 11) is 1.45. The van der Waals surface area contributed by atoms with Crippen molar-refractivity contribution in [3.05, 3.63) is 29.8 Å². The number of likely N-dealkylation sites (tertiary alicyclic amines) is 1. The number of nitrogens with two attached hydrogens (primary N) is 1. The molecule has 1 fully saturated rings. The van der Waals surface area contributed by atoms with Gasteiger partial charge in [-0.2, -0.15) is 0 Å². The van der Waals surface area contributed by atoms with Crippen molar-refractivity contribution >= 4 is 59.1 Å². The molecule has 8 amide bonds. The molecule has 1 aliphatic heterocycles. The topological polar surface area (TPSA) is 218 Å². The van der Waals surface area contributed by atoms with Crippen LogP contribution in [0.1, 0.15) is 57.4 Å². The lowest BCUT2D eigenvalue weighted by molar-refractivity contribution is -0.138. The normalized spacial score (nSPS) is 14.8. The number of amides is 8. The molecule has 1 aromatic carbocycles. The minimum absolute atomic E-state index is 0.0462. The van der Waals surface area contributed by atoms with Crippen LogP contribution in [0.4, 0.5) is 15.3 Å². The zero-order valence-corrected chi connectivity index (χ0v) is 26.5. The monoisotopic (exact) mass is 649 g/mol. The molecule has 2 unspecified atom stereocenters. The lowest BCUT2D eigenvalue weighted by Gasteiger charge is -2.19. The first kappa shape index (κ1) is 36.8. The predicted molar refractivity (Wildman–Crippen MR) is 168 cm³/mol. The van der Waals surface area contributed by atoms with Crippen LogP contribution in [0.3, 0.4) is 0 Å². The van der Waals surface area contributed by atoms with E-state index < -0.39 is 30.0 Å². The third-order valence-corrected chi connectivity index (χ3v) is 7.82. The number of ether oxygens (including phenoxy) is 1. The first-order chi connectivity index (χ1) is 21.5. The molecular weight excluding hydrogens is 606 g/mol. The molecule has 1 aromatic rings. The van der Waals surface area contributed by atoms with Crippen LogP contribution < -0.4 is 32.3 Å². The summed E-state index contributed by atoms with van der Waals surface area (Å²) in [5, 5.41) is 12.3. The Bertz CT molecular complexity index is 1200. The van der Waals surface area contributed by atoms with Crippen molar-refractivity contribution in [2.24, 2.45) is 5.73 Å². The van der Waals surface area contributed by atoms with E-state index in [2.05, 4.69) is 26.6 Å². The molecule has 0 radical (unpaired) electrons. The second-order valence-electron chi connectivity index (χ2n) is 10.2. The number of unbranched alkanes of at least 4 members (excludes halogenated alkanes) is 2. The van der Waals surface area contributed by atoms with E-state index in [1.807, 2.05) is 6.92 Å². The Labute approximate surface area is 266 Å². The minimum atomic E-state index is -0.966. The highest BCUT2D eigenvalue weighted by Gasteiger charge is 2.37. The summed E-state index contributed by atoms with van der Waals surface area (Å²) in [5.74, 6) is -0.954. The molecular formula is C29H43N7O8S. The van der Waals surface area contributed by atoms with Crippen LogP contribution in [-0.2, 0) is 35.3 Å². The summed E-state index contributed by atoms with van der Waals surface area (Å²) in [6.45, 7) is 2.18. The number of carbonyl (C=O) groups excluding carboxylic acids is 7. The van der Waals surface area contributed by atoms with Crippen molar-refractivity contribution in [3.63, 3.8) is 0 Å². The number of primary amides is 1. The Balaban J connectivity index is 1.77. The first-order valence-corrected chi connectivity index (χ1v) is 15.9. The lowest BCUT2D eigenvalue weighted by Crippen LogP contribution is -2.47. The number of benzene rings is 1. The van der Waals surface area contributed by atoms with E-state index in [9.17, 15) is 33.6 Å². The highest BCUT2D eigenvalue weighted by Crippen LogP contribution is 2.25. The average molecular weight is 650 g/mol. The molecule has 7 N–H and O–H groups in total. The van der Waals surface area contributed by atoms with Crippen LogP contribution >= 0.6 is 11.8 Å². The van der Waals surface area contributed by atoms with Crippen molar-refractivity contribution in [2.45, 2.75) is 69.8 Å². The Morgan fingerprint density at radius 2 is 1.76 bits per heavy atom. The van der Waals surface area contributed by atoms with Crippen LogP contribution in [0.5, 0.6) is 0 Å². The number of thioether (sulfide) groups is 1. The number of imide groups is 1. The molecule has 1 saturated heterocycles. The highest BCUT2D eigenvalue weighted by atomic mass is 32.2. The Kier molecular flexibility index (Phi) is 16.2. The van der Waals surface area contributed by atoms with Gasteiger partial charge in [0.05, 0.1) is 11.8 Å². The molecule has 0 saturated carbocycles. The summed E-state index contributed by atoms with van der Waals surface area (Å²) in [4.78, 5) is 85.8. The Hall–Kier alpha value is -4.34. The maximum Gasteiger partial charge on any atom is 0.407 e. The van der Waals surface area contributed by atoms with Gasteiger partial charge in [0.25, 0.3) is 0 Å². The number of urea groups is 1. The predicted octanol–water partition coefficient (Wildman–Crippen LogP) is 0.972. The van der Waals surface area contributed by atoms with Gasteiger partial charge in [0.2, 0.25) is 29.5 Å². The van der Waals surface area contributed by atoms with E-state index in [0.29, 0.717) is 43.5 Å². The van der Waals surface area contributed by atoms with E-state index in [-0.39, 0.29) is 61.9 Å². The van der Waals surface area contributed by atoms with Crippen molar-refractivity contribution in [3.8, 4) is 0 Å². The molecule has 2 rings (SSSR count). The second-order valence-corrected chi connectivity index (χ2v) is 11.7. The fourth-order valence-electron chi connectivity index (χ4n) is 4.39. The molecule has 16 heteroatoms. The fraction of sp³-hybridized carbons (Fsp3) is 0.552. The molecule has 1 heterocycles.